The van der Waals surface area contributed by atoms with Crippen molar-refractivity contribution in [2.75, 3.05) is 5.32 Å². The molecule has 3 aromatic carbocycles. The summed E-state index contributed by atoms with van der Waals surface area (Å²) in [6.07, 6.45) is 0. The second-order valence-electron chi connectivity index (χ2n) is 6.10. The molecule has 0 spiro atoms. The van der Waals surface area contributed by atoms with Gasteiger partial charge in [0.25, 0.3) is 0 Å². The molecule has 0 unspecified atom stereocenters. The number of anilines is 2. The zero-order valence-electron chi connectivity index (χ0n) is 14.2. The number of aryl methyl sites for hydroxylation is 1. The highest BCUT2D eigenvalue weighted by Crippen LogP contribution is 2.27. The minimum atomic E-state index is 1.08. The van der Waals surface area contributed by atoms with Crippen LogP contribution in [0.4, 0.5) is 11.4 Å². The van der Waals surface area contributed by atoms with Crippen LogP contribution in [0, 0.1) is 6.92 Å². The average molecular weight is 324 g/mol. The summed E-state index contributed by atoms with van der Waals surface area (Å²) in [5.74, 6) is 0. The Labute approximate surface area is 148 Å². The Morgan fingerprint density at radius 1 is 0.600 bits per heavy atom. The number of aromatic nitrogens is 1. The first kappa shape index (κ1) is 15.3. The molecule has 0 saturated carbocycles. The van der Waals surface area contributed by atoms with Crippen LogP contribution < -0.4 is 5.32 Å². The minimum Gasteiger partial charge on any atom is -0.356 e. The summed E-state index contributed by atoms with van der Waals surface area (Å²) in [7, 11) is 0. The lowest BCUT2D eigenvalue weighted by Gasteiger charge is -2.13. The van der Waals surface area contributed by atoms with Gasteiger partial charge in [-0.3, -0.25) is 0 Å². The normalized spacial score (nSPS) is 10.6. The molecule has 0 fully saturated rings. The molecule has 1 aromatic heterocycles. The predicted octanol–water partition coefficient (Wildman–Crippen LogP) is 6.20. The molecule has 0 radical (unpaired) electrons. The van der Waals surface area contributed by atoms with Crippen LogP contribution in [0.3, 0.4) is 0 Å². The topological polar surface area (TPSA) is 17.0 Å². The third-order valence-electron chi connectivity index (χ3n) is 4.33. The highest BCUT2D eigenvalue weighted by atomic mass is 15.0. The van der Waals surface area contributed by atoms with E-state index in [1.165, 1.54) is 22.6 Å². The molecule has 0 aliphatic rings. The number of nitrogens with zero attached hydrogens (tertiary/aromatic N) is 1. The molecule has 0 saturated heterocycles. The number of hydrogen-bond acceptors (Lipinski definition) is 1. The molecule has 0 amide bonds. The number of para-hydroxylation sites is 1. The van der Waals surface area contributed by atoms with Gasteiger partial charge in [-0.05, 0) is 61.0 Å². The Morgan fingerprint density at radius 3 is 1.88 bits per heavy atom. The van der Waals surface area contributed by atoms with Gasteiger partial charge in [-0.1, -0.05) is 48.5 Å². The molecule has 0 aliphatic carbocycles. The summed E-state index contributed by atoms with van der Waals surface area (Å²) < 4.78 is 2.29. The van der Waals surface area contributed by atoms with Crippen LogP contribution in [0.1, 0.15) is 5.69 Å². The van der Waals surface area contributed by atoms with Crippen molar-refractivity contribution >= 4 is 11.4 Å². The monoisotopic (exact) mass is 324 g/mol. The molecule has 25 heavy (non-hydrogen) atoms. The third-order valence-corrected chi connectivity index (χ3v) is 4.33. The number of nitrogens with one attached hydrogen (secondary N) is 1. The fourth-order valence-electron chi connectivity index (χ4n) is 3.10. The lowest BCUT2D eigenvalue weighted by Crippen LogP contribution is -1.99. The molecule has 0 aliphatic heterocycles. The first-order valence-corrected chi connectivity index (χ1v) is 8.47. The second-order valence-corrected chi connectivity index (χ2v) is 6.10. The van der Waals surface area contributed by atoms with Crippen molar-refractivity contribution < 1.29 is 0 Å². The number of benzene rings is 3. The molecule has 1 heterocycles. The van der Waals surface area contributed by atoms with Crippen molar-refractivity contribution in [3.8, 4) is 16.9 Å². The SMILES string of the molecule is Cc1ccc(-c2ccccc2)n1-c1ccc(Nc2ccccc2)cc1. The van der Waals surface area contributed by atoms with Crippen LogP contribution in [0.15, 0.2) is 97.1 Å². The highest BCUT2D eigenvalue weighted by Gasteiger charge is 2.09. The van der Waals surface area contributed by atoms with E-state index in [0.717, 1.165) is 11.4 Å². The van der Waals surface area contributed by atoms with E-state index in [-0.39, 0.29) is 0 Å². The van der Waals surface area contributed by atoms with Gasteiger partial charge in [0, 0.05) is 22.8 Å². The van der Waals surface area contributed by atoms with Gasteiger partial charge in [-0.2, -0.15) is 0 Å². The Balaban J connectivity index is 1.66. The van der Waals surface area contributed by atoms with E-state index in [0.29, 0.717) is 0 Å². The quantitative estimate of drug-likeness (QED) is 0.473. The van der Waals surface area contributed by atoms with E-state index in [4.69, 9.17) is 0 Å². The van der Waals surface area contributed by atoms with Gasteiger partial charge in [-0.15, -0.1) is 0 Å². The Hall–Kier alpha value is -3.26. The van der Waals surface area contributed by atoms with Gasteiger partial charge in [0.05, 0.1) is 5.69 Å². The van der Waals surface area contributed by atoms with Gasteiger partial charge in [0.1, 0.15) is 0 Å². The van der Waals surface area contributed by atoms with Gasteiger partial charge in [-0.25, -0.2) is 0 Å². The largest absolute Gasteiger partial charge is 0.356 e. The number of hydrogen-bond donors (Lipinski definition) is 1. The van der Waals surface area contributed by atoms with E-state index < -0.39 is 0 Å². The summed E-state index contributed by atoms with van der Waals surface area (Å²) in [6.45, 7) is 2.14. The highest BCUT2D eigenvalue weighted by molar-refractivity contribution is 5.66. The molecule has 1 N–H and O–H groups in total. The van der Waals surface area contributed by atoms with Crippen LogP contribution in [0.5, 0.6) is 0 Å². The molecule has 0 atom stereocenters. The lowest BCUT2D eigenvalue weighted by molar-refractivity contribution is 1.02. The van der Waals surface area contributed by atoms with Gasteiger partial charge >= 0.3 is 0 Å². The first-order valence-electron chi connectivity index (χ1n) is 8.47. The second kappa shape index (κ2) is 6.70. The predicted molar refractivity (Wildman–Crippen MR) is 106 cm³/mol. The Kier molecular flexibility index (Phi) is 4.09. The molecule has 4 aromatic rings. The van der Waals surface area contributed by atoms with Crippen LogP contribution in [0.2, 0.25) is 0 Å². The first-order chi connectivity index (χ1) is 12.3. The Morgan fingerprint density at radius 2 is 1.20 bits per heavy atom. The standard InChI is InChI=1S/C23H20N2/c1-18-12-17-23(19-8-4-2-5-9-19)25(18)22-15-13-21(14-16-22)24-20-10-6-3-7-11-20/h2-17,24H,1H3. The fourth-order valence-corrected chi connectivity index (χ4v) is 3.10. The third kappa shape index (κ3) is 3.20. The zero-order chi connectivity index (χ0) is 17.1. The average Bonchev–Trinajstić information content (AvgIpc) is 3.05. The van der Waals surface area contributed by atoms with Crippen molar-refractivity contribution in [3.05, 3.63) is 103 Å². The van der Waals surface area contributed by atoms with Crippen LogP contribution in [0.25, 0.3) is 16.9 Å². The van der Waals surface area contributed by atoms with Crippen molar-refractivity contribution in [1.82, 2.24) is 4.57 Å². The van der Waals surface area contributed by atoms with Crippen LogP contribution >= 0.6 is 0 Å². The molecule has 0 bridgehead atoms. The minimum absolute atomic E-state index is 1.08. The van der Waals surface area contributed by atoms with E-state index in [9.17, 15) is 0 Å². The summed E-state index contributed by atoms with van der Waals surface area (Å²) in [4.78, 5) is 0. The van der Waals surface area contributed by atoms with E-state index in [1.807, 2.05) is 24.3 Å². The summed E-state index contributed by atoms with van der Waals surface area (Å²) in [5.41, 5.74) is 7.00. The maximum absolute atomic E-state index is 3.43. The number of rotatable bonds is 4. The molecule has 4 rings (SSSR count). The maximum atomic E-state index is 3.43. The molecule has 122 valence electrons. The summed E-state index contributed by atoms with van der Waals surface area (Å²) in [6, 6.07) is 33.6. The fraction of sp³-hybridized carbons (Fsp3) is 0.0435. The molecule has 2 nitrogen and oxygen atoms in total. The van der Waals surface area contributed by atoms with Crippen molar-refractivity contribution in [2.24, 2.45) is 0 Å². The van der Waals surface area contributed by atoms with Crippen LogP contribution in [-0.2, 0) is 0 Å². The van der Waals surface area contributed by atoms with Crippen molar-refractivity contribution in [2.45, 2.75) is 6.92 Å². The smallest absolute Gasteiger partial charge is 0.0531 e. The maximum Gasteiger partial charge on any atom is 0.0531 e. The molecular weight excluding hydrogens is 304 g/mol. The van der Waals surface area contributed by atoms with Gasteiger partial charge in [0.2, 0.25) is 0 Å². The molecule has 2 heteroatoms. The molecular formula is C23H20N2. The van der Waals surface area contributed by atoms with Crippen molar-refractivity contribution in [1.29, 1.82) is 0 Å². The summed E-state index contributed by atoms with van der Waals surface area (Å²) in [5, 5.41) is 3.43. The van der Waals surface area contributed by atoms with E-state index in [2.05, 4.69) is 89.6 Å². The zero-order valence-corrected chi connectivity index (χ0v) is 14.2. The Bertz CT molecular complexity index is 952. The lowest BCUT2D eigenvalue weighted by atomic mass is 10.1. The van der Waals surface area contributed by atoms with Crippen molar-refractivity contribution in [3.63, 3.8) is 0 Å². The van der Waals surface area contributed by atoms with E-state index >= 15 is 0 Å². The van der Waals surface area contributed by atoms with Gasteiger partial charge in [0.15, 0.2) is 0 Å². The van der Waals surface area contributed by atoms with Gasteiger partial charge < -0.3 is 9.88 Å². The van der Waals surface area contributed by atoms with Crippen LogP contribution in [-0.4, -0.2) is 4.57 Å². The van der Waals surface area contributed by atoms with E-state index in [1.54, 1.807) is 0 Å². The summed E-state index contributed by atoms with van der Waals surface area (Å²) >= 11 is 0.